The van der Waals surface area contributed by atoms with Crippen molar-refractivity contribution in [2.75, 3.05) is 11.9 Å². The van der Waals surface area contributed by atoms with Crippen LogP contribution in [0.1, 0.15) is 27.8 Å². The molecule has 0 fully saturated rings. The predicted octanol–water partition coefficient (Wildman–Crippen LogP) is 3.78. The normalized spacial score (nSPS) is 10.5. The largest absolute Gasteiger partial charge is 0.352 e. The van der Waals surface area contributed by atoms with E-state index in [2.05, 4.69) is 31.7 Å². The topological polar surface area (TPSA) is 76.0 Å². The maximum absolute atomic E-state index is 13.1. The molecule has 0 saturated heterocycles. The lowest BCUT2D eigenvalue weighted by Crippen LogP contribution is -2.22. The molecule has 1 heterocycles. The Kier molecular flexibility index (Phi) is 5.66. The number of nitrogens with one attached hydrogen (secondary N) is 2. The summed E-state index contributed by atoms with van der Waals surface area (Å²) in [6.45, 7) is 2.35. The Balaban J connectivity index is 1.80. The number of anilines is 1. The van der Waals surface area contributed by atoms with Crippen LogP contribution in [0.5, 0.6) is 0 Å². The van der Waals surface area contributed by atoms with Crippen molar-refractivity contribution in [2.24, 2.45) is 0 Å². The first-order valence-corrected chi connectivity index (χ1v) is 8.98. The Morgan fingerprint density at radius 2 is 1.89 bits per heavy atom. The number of aromatic nitrogens is 2. The van der Waals surface area contributed by atoms with Crippen LogP contribution in [0, 0.1) is 5.82 Å². The molecule has 0 aliphatic heterocycles. The van der Waals surface area contributed by atoms with E-state index < -0.39 is 5.91 Å². The van der Waals surface area contributed by atoms with Crippen molar-refractivity contribution in [3.8, 4) is 5.69 Å². The van der Waals surface area contributed by atoms with Crippen LogP contribution < -0.4 is 10.6 Å². The van der Waals surface area contributed by atoms with Crippen molar-refractivity contribution in [3.63, 3.8) is 0 Å². The predicted molar refractivity (Wildman–Crippen MR) is 104 cm³/mol. The van der Waals surface area contributed by atoms with Crippen molar-refractivity contribution in [1.82, 2.24) is 15.1 Å². The average molecular weight is 431 g/mol. The molecular weight excluding hydrogens is 415 g/mol. The number of amides is 2. The van der Waals surface area contributed by atoms with Crippen molar-refractivity contribution in [1.29, 1.82) is 0 Å². The molecule has 0 bridgehead atoms. The molecule has 0 saturated carbocycles. The van der Waals surface area contributed by atoms with Gasteiger partial charge in [0.25, 0.3) is 11.8 Å². The van der Waals surface area contributed by atoms with Crippen LogP contribution in [0.3, 0.4) is 0 Å². The number of rotatable bonds is 5. The molecule has 6 nitrogen and oxygen atoms in total. The summed E-state index contributed by atoms with van der Waals surface area (Å²) < 4.78 is 15.0. The Morgan fingerprint density at radius 1 is 1.15 bits per heavy atom. The van der Waals surface area contributed by atoms with Gasteiger partial charge < -0.3 is 10.6 Å². The molecule has 0 radical (unpaired) electrons. The number of carbonyl (C=O) groups is 2. The molecule has 0 aliphatic carbocycles. The van der Waals surface area contributed by atoms with Crippen LogP contribution in [0.2, 0.25) is 0 Å². The van der Waals surface area contributed by atoms with Crippen molar-refractivity contribution in [3.05, 3.63) is 76.3 Å². The second-order valence-corrected chi connectivity index (χ2v) is 6.50. The van der Waals surface area contributed by atoms with Gasteiger partial charge in [-0.15, -0.1) is 0 Å². The molecule has 0 spiro atoms. The number of benzene rings is 2. The SMILES string of the molecule is CCNC(=O)c1cccc(NC(=O)c2nn(-c3ccc(F)cc3)cc2Br)c1. The molecule has 0 aliphatic rings. The van der Waals surface area contributed by atoms with Gasteiger partial charge in [0.05, 0.1) is 10.2 Å². The maximum atomic E-state index is 13.1. The molecule has 2 aromatic carbocycles. The fourth-order valence-corrected chi connectivity index (χ4v) is 2.88. The molecule has 0 atom stereocenters. The van der Waals surface area contributed by atoms with E-state index in [0.717, 1.165) is 0 Å². The van der Waals surface area contributed by atoms with Gasteiger partial charge in [0.1, 0.15) is 5.82 Å². The van der Waals surface area contributed by atoms with Crippen LogP contribution in [0.25, 0.3) is 5.69 Å². The van der Waals surface area contributed by atoms with E-state index in [1.165, 1.54) is 16.8 Å². The highest BCUT2D eigenvalue weighted by Crippen LogP contribution is 2.20. The maximum Gasteiger partial charge on any atom is 0.277 e. The van der Waals surface area contributed by atoms with Gasteiger partial charge in [-0.25, -0.2) is 9.07 Å². The zero-order valence-corrected chi connectivity index (χ0v) is 16.0. The molecule has 3 aromatic rings. The van der Waals surface area contributed by atoms with Crippen molar-refractivity contribution in [2.45, 2.75) is 6.92 Å². The highest BCUT2D eigenvalue weighted by molar-refractivity contribution is 9.10. The molecular formula is C19H16BrFN4O2. The van der Waals surface area contributed by atoms with E-state index in [1.54, 1.807) is 42.6 Å². The molecule has 1 aromatic heterocycles. The number of carbonyl (C=O) groups excluding carboxylic acids is 2. The average Bonchev–Trinajstić information content (AvgIpc) is 3.04. The Morgan fingerprint density at radius 3 is 2.59 bits per heavy atom. The van der Waals surface area contributed by atoms with Gasteiger partial charge in [-0.2, -0.15) is 5.10 Å². The number of nitrogens with zero attached hydrogens (tertiary/aromatic N) is 2. The second-order valence-electron chi connectivity index (χ2n) is 5.64. The van der Waals surface area contributed by atoms with Gasteiger partial charge in [0.2, 0.25) is 0 Å². The quantitative estimate of drug-likeness (QED) is 0.646. The number of hydrogen-bond donors (Lipinski definition) is 2. The molecule has 2 N–H and O–H groups in total. The van der Waals surface area contributed by atoms with Gasteiger partial charge in [0, 0.05) is 24.0 Å². The summed E-state index contributed by atoms with van der Waals surface area (Å²) >= 11 is 3.32. The van der Waals surface area contributed by atoms with Crippen LogP contribution >= 0.6 is 15.9 Å². The fourth-order valence-electron chi connectivity index (χ4n) is 2.42. The van der Waals surface area contributed by atoms with E-state index in [9.17, 15) is 14.0 Å². The van der Waals surface area contributed by atoms with Crippen LogP contribution in [0.4, 0.5) is 10.1 Å². The smallest absolute Gasteiger partial charge is 0.277 e. The summed E-state index contributed by atoms with van der Waals surface area (Å²) in [6.07, 6.45) is 1.62. The minimum atomic E-state index is -0.434. The Bertz CT molecular complexity index is 986. The van der Waals surface area contributed by atoms with E-state index in [1.807, 2.05) is 6.92 Å². The highest BCUT2D eigenvalue weighted by Gasteiger charge is 2.17. The summed E-state index contributed by atoms with van der Waals surface area (Å²) in [5.74, 6) is -0.999. The van der Waals surface area contributed by atoms with Gasteiger partial charge in [-0.3, -0.25) is 9.59 Å². The molecule has 8 heteroatoms. The Hall–Kier alpha value is -3.00. The zero-order valence-electron chi connectivity index (χ0n) is 14.4. The lowest BCUT2D eigenvalue weighted by molar-refractivity contribution is 0.0954. The van der Waals surface area contributed by atoms with Gasteiger partial charge in [0.15, 0.2) is 5.69 Å². The zero-order chi connectivity index (χ0) is 19.4. The van der Waals surface area contributed by atoms with E-state index in [-0.39, 0.29) is 17.4 Å². The van der Waals surface area contributed by atoms with Gasteiger partial charge >= 0.3 is 0 Å². The summed E-state index contributed by atoms with van der Waals surface area (Å²) in [5.41, 5.74) is 1.72. The first kappa shape index (κ1) is 18.8. The van der Waals surface area contributed by atoms with Crippen LogP contribution in [-0.2, 0) is 0 Å². The van der Waals surface area contributed by atoms with E-state index in [0.29, 0.717) is 28.0 Å². The van der Waals surface area contributed by atoms with Crippen LogP contribution in [0.15, 0.2) is 59.2 Å². The van der Waals surface area contributed by atoms with Crippen LogP contribution in [-0.4, -0.2) is 28.1 Å². The van der Waals surface area contributed by atoms with Crippen molar-refractivity contribution >= 4 is 33.4 Å². The van der Waals surface area contributed by atoms with Crippen molar-refractivity contribution < 1.29 is 14.0 Å². The standard InChI is InChI=1S/C19H16BrFN4O2/c1-2-22-18(26)12-4-3-5-14(10-12)23-19(27)17-16(20)11-25(24-17)15-8-6-13(21)7-9-15/h3-11H,2H2,1H3,(H,22,26)(H,23,27). The van der Waals surface area contributed by atoms with E-state index in [4.69, 9.17) is 0 Å². The van der Waals surface area contributed by atoms with Gasteiger partial charge in [-0.05, 0) is 65.3 Å². The fraction of sp³-hybridized carbons (Fsp3) is 0.105. The number of hydrogen-bond acceptors (Lipinski definition) is 3. The summed E-state index contributed by atoms with van der Waals surface area (Å²) in [5, 5.41) is 9.68. The molecule has 0 unspecified atom stereocenters. The monoisotopic (exact) mass is 430 g/mol. The highest BCUT2D eigenvalue weighted by atomic mass is 79.9. The summed E-state index contributed by atoms with van der Waals surface area (Å²) in [7, 11) is 0. The first-order chi connectivity index (χ1) is 13.0. The lowest BCUT2D eigenvalue weighted by Gasteiger charge is -2.07. The third-order valence-electron chi connectivity index (χ3n) is 3.70. The van der Waals surface area contributed by atoms with Gasteiger partial charge in [-0.1, -0.05) is 6.07 Å². The Labute approximate surface area is 163 Å². The molecule has 2 amide bonds. The second kappa shape index (κ2) is 8.13. The summed E-state index contributed by atoms with van der Waals surface area (Å²) in [4.78, 5) is 24.5. The first-order valence-electron chi connectivity index (χ1n) is 8.18. The molecule has 27 heavy (non-hydrogen) atoms. The minimum Gasteiger partial charge on any atom is -0.352 e. The third-order valence-corrected chi connectivity index (χ3v) is 4.28. The molecule has 138 valence electrons. The number of halogens is 2. The summed E-state index contributed by atoms with van der Waals surface area (Å²) in [6, 6.07) is 12.4. The molecule has 3 rings (SSSR count). The third kappa shape index (κ3) is 4.40. The lowest BCUT2D eigenvalue weighted by atomic mass is 10.2. The van der Waals surface area contributed by atoms with E-state index >= 15 is 0 Å². The minimum absolute atomic E-state index is 0.169.